The van der Waals surface area contributed by atoms with Crippen molar-refractivity contribution in [3.8, 4) is 6.07 Å². The lowest BCUT2D eigenvalue weighted by Gasteiger charge is -2.07. The van der Waals surface area contributed by atoms with Gasteiger partial charge in [-0.25, -0.2) is 9.97 Å². The van der Waals surface area contributed by atoms with Gasteiger partial charge in [0.2, 0.25) is 0 Å². The van der Waals surface area contributed by atoms with Crippen LogP contribution in [-0.2, 0) is 0 Å². The molecule has 1 heterocycles. The summed E-state index contributed by atoms with van der Waals surface area (Å²) in [5.41, 5.74) is 1.64. The number of benzene rings is 1. The van der Waals surface area contributed by atoms with E-state index in [4.69, 9.17) is 0 Å². The Hall–Kier alpha value is -1.51. The minimum Gasteiger partial charge on any atom is -0.231 e. The monoisotopic (exact) mass is 287 g/mol. The normalized spacial score (nSPS) is 10.2. The van der Waals surface area contributed by atoms with E-state index in [1.807, 2.05) is 31.2 Å². The van der Waals surface area contributed by atoms with Gasteiger partial charge in [0.05, 0.1) is 5.56 Å². The van der Waals surface area contributed by atoms with E-state index in [1.165, 1.54) is 11.8 Å². The molecule has 0 aliphatic carbocycles. The van der Waals surface area contributed by atoms with Gasteiger partial charge in [0, 0.05) is 21.7 Å². The molecule has 19 heavy (non-hydrogen) atoms. The molecule has 1 aromatic heterocycles. The van der Waals surface area contributed by atoms with Gasteiger partial charge in [-0.15, -0.1) is 11.8 Å². The molecule has 0 saturated carbocycles. The molecule has 0 saturated heterocycles. The number of nitrogens with zero attached hydrogens (tertiary/aromatic N) is 3. The summed E-state index contributed by atoms with van der Waals surface area (Å²) in [6, 6.07) is 10.0. The van der Waals surface area contributed by atoms with Gasteiger partial charge in [0.25, 0.3) is 0 Å². The molecule has 2 aromatic rings. The molecule has 0 spiro atoms. The Morgan fingerprint density at radius 2 is 2.05 bits per heavy atom. The molecule has 96 valence electrons. The van der Waals surface area contributed by atoms with Crippen LogP contribution in [0.15, 0.2) is 45.4 Å². The minimum atomic E-state index is 0.676. The van der Waals surface area contributed by atoms with Crippen LogP contribution < -0.4 is 0 Å². The van der Waals surface area contributed by atoms with Crippen molar-refractivity contribution in [3.63, 3.8) is 0 Å². The van der Waals surface area contributed by atoms with Crippen molar-refractivity contribution in [2.75, 3.05) is 5.75 Å². The second-order valence-corrected chi connectivity index (χ2v) is 6.07. The number of hydrogen-bond acceptors (Lipinski definition) is 5. The Morgan fingerprint density at radius 3 is 2.74 bits per heavy atom. The van der Waals surface area contributed by atoms with E-state index in [0.29, 0.717) is 10.7 Å². The van der Waals surface area contributed by atoms with Crippen molar-refractivity contribution in [1.29, 1.82) is 5.26 Å². The van der Waals surface area contributed by atoms with Crippen LogP contribution in [0.1, 0.15) is 18.2 Å². The quantitative estimate of drug-likeness (QED) is 0.630. The van der Waals surface area contributed by atoms with E-state index in [0.717, 1.165) is 21.2 Å². The molecular formula is C14H13N3S2. The molecule has 0 radical (unpaired) electrons. The lowest BCUT2D eigenvalue weighted by molar-refractivity contribution is 0.931. The Bertz CT molecular complexity index is 620. The first-order valence-electron chi connectivity index (χ1n) is 5.88. The maximum Gasteiger partial charge on any atom is 0.192 e. The smallest absolute Gasteiger partial charge is 0.192 e. The van der Waals surface area contributed by atoms with E-state index in [2.05, 4.69) is 23.0 Å². The maximum atomic E-state index is 9.34. The SMILES string of the molecule is CCSc1cccc(Sc2nccc(C)n2)c1C#N. The molecule has 0 fully saturated rings. The molecule has 0 aliphatic heterocycles. The third-order valence-electron chi connectivity index (χ3n) is 2.37. The zero-order valence-corrected chi connectivity index (χ0v) is 12.4. The molecule has 5 heteroatoms. The van der Waals surface area contributed by atoms with E-state index >= 15 is 0 Å². The van der Waals surface area contributed by atoms with Crippen LogP contribution >= 0.6 is 23.5 Å². The number of aryl methyl sites for hydroxylation is 1. The van der Waals surface area contributed by atoms with Crippen molar-refractivity contribution in [3.05, 3.63) is 41.7 Å². The summed E-state index contributed by atoms with van der Waals surface area (Å²) in [6.07, 6.45) is 1.74. The highest BCUT2D eigenvalue weighted by molar-refractivity contribution is 8.00. The van der Waals surface area contributed by atoms with Crippen molar-refractivity contribution in [2.45, 2.75) is 28.8 Å². The first-order valence-corrected chi connectivity index (χ1v) is 7.68. The largest absolute Gasteiger partial charge is 0.231 e. The molecule has 3 nitrogen and oxygen atoms in total. The van der Waals surface area contributed by atoms with Crippen molar-refractivity contribution in [1.82, 2.24) is 9.97 Å². The summed E-state index contributed by atoms with van der Waals surface area (Å²) in [4.78, 5) is 10.5. The zero-order chi connectivity index (χ0) is 13.7. The van der Waals surface area contributed by atoms with Gasteiger partial charge in [-0.05, 0) is 42.6 Å². The number of hydrogen-bond donors (Lipinski definition) is 0. The van der Waals surface area contributed by atoms with Crippen LogP contribution in [0.4, 0.5) is 0 Å². The minimum absolute atomic E-state index is 0.676. The average molecular weight is 287 g/mol. The van der Waals surface area contributed by atoms with Gasteiger partial charge >= 0.3 is 0 Å². The van der Waals surface area contributed by atoms with Gasteiger partial charge in [-0.3, -0.25) is 0 Å². The molecule has 0 amide bonds. The Balaban J connectivity index is 2.35. The number of aromatic nitrogens is 2. The second kappa shape index (κ2) is 6.60. The molecule has 0 unspecified atom stereocenters. The topological polar surface area (TPSA) is 49.6 Å². The zero-order valence-electron chi connectivity index (χ0n) is 10.8. The lowest BCUT2D eigenvalue weighted by atomic mass is 10.2. The first kappa shape index (κ1) is 13.9. The van der Waals surface area contributed by atoms with E-state index in [9.17, 15) is 5.26 Å². The Morgan fingerprint density at radius 1 is 1.26 bits per heavy atom. The summed E-state index contributed by atoms with van der Waals surface area (Å²) in [6.45, 7) is 4.01. The van der Waals surface area contributed by atoms with Crippen LogP contribution in [0.3, 0.4) is 0 Å². The lowest BCUT2D eigenvalue weighted by Crippen LogP contribution is -1.91. The predicted octanol–water partition coefficient (Wildman–Crippen LogP) is 3.92. The summed E-state index contributed by atoms with van der Waals surface area (Å²) in [5, 5.41) is 10.0. The van der Waals surface area contributed by atoms with Gasteiger partial charge in [0.1, 0.15) is 6.07 Å². The standard InChI is InChI=1S/C14H13N3S2/c1-3-18-12-5-4-6-13(11(12)9-15)19-14-16-8-7-10(2)17-14/h4-8H,3H2,1-2H3. The molecule has 0 aliphatic rings. The van der Waals surface area contributed by atoms with Crippen LogP contribution in [0.2, 0.25) is 0 Å². The summed E-state index contributed by atoms with van der Waals surface area (Å²) < 4.78 is 0. The van der Waals surface area contributed by atoms with Crippen molar-refractivity contribution >= 4 is 23.5 Å². The van der Waals surface area contributed by atoms with Crippen LogP contribution in [0.5, 0.6) is 0 Å². The predicted molar refractivity (Wildman–Crippen MR) is 78.4 cm³/mol. The Kier molecular flexibility index (Phi) is 4.83. The van der Waals surface area contributed by atoms with Crippen LogP contribution in [0, 0.1) is 18.3 Å². The van der Waals surface area contributed by atoms with Gasteiger partial charge in [-0.2, -0.15) is 5.26 Å². The van der Waals surface area contributed by atoms with Gasteiger partial charge in [-0.1, -0.05) is 13.0 Å². The molecule has 0 bridgehead atoms. The average Bonchev–Trinajstić information content (AvgIpc) is 2.39. The summed E-state index contributed by atoms with van der Waals surface area (Å²) in [7, 11) is 0. The molecule has 0 N–H and O–H groups in total. The van der Waals surface area contributed by atoms with E-state index in [1.54, 1.807) is 18.0 Å². The summed E-state index contributed by atoms with van der Waals surface area (Å²) in [5.74, 6) is 0.948. The highest BCUT2D eigenvalue weighted by Crippen LogP contribution is 2.33. The third-order valence-corrected chi connectivity index (χ3v) is 4.25. The van der Waals surface area contributed by atoms with Crippen molar-refractivity contribution in [2.24, 2.45) is 0 Å². The fourth-order valence-corrected chi connectivity index (χ4v) is 3.31. The Labute approximate surface area is 121 Å². The first-order chi connectivity index (χ1) is 9.24. The van der Waals surface area contributed by atoms with E-state index in [-0.39, 0.29) is 0 Å². The maximum absolute atomic E-state index is 9.34. The highest BCUT2D eigenvalue weighted by Gasteiger charge is 2.10. The number of rotatable bonds is 4. The highest BCUT2D eigenvalue weighted by atomic mass is 32.2. The second-order valence-electron chi connectivity index (χ2n) is 3.76. The molecular weight excluding hydrogens is 274 g/mol. The number of nitriles is 1. The number of thioether (sulfide) groups is 1. The van der Waals surface area contributed by atoms with Crippen LogP contribution in [-0.4, -0.2) is 15.7 Å². The van der Waals surface area contributed by atoms with Crippen molar-refractivity contribution < 1.29 is 0 Å². The van der Waals surface area contributed by atoms with E-state index < -0.39 is 0 Å². The van der Waals surface area contributed by atoms with Gasteiger partial charge < -0.3 is 0 Å². The van der Waals surface area contributed by atoms with Gasteiger partial charge in [0.15, 0.2) is 5.16 Å². The summed E-state index contributed by atoms with van der Waals surface area (Å²) >= 11 is 3.11. The fourth-order valence-electron chi connectivity index (χ4n) is 1.56. The van der Waals surface area contributed by atoms with Crippen LogP contribution in [0.25, 0.3) is 0 Å². The third kappa shape index (κ3) is 3.49. The molecule has 2 rings (SSSR count). The molecule has 0 atom stereocenters. The fraction of sp³-hybridized carbons (Fsp3) is 0.214. The molecule has 1 aromatic carbocycles.